The fourth-order valence-corrected chi connectivity index (χ4v) is 5.56. The third-order valence-electron chi connectivity index (χ3n) is 6.17. The minimum atomic E-state index is -3.56. The highest BCUT2D eigenvalue weighted by Crippen LogP contribution is 2.33. The molecule has 1 aliphatic heterocycles. The molecule has 1 saturated carbocycles. The van der Waals surface area contributed by atoms with Crippen LogP contribution in [0.2, 0.25) is 0 Å². The van der Waals surface area contributed by atoms with Crippen LogP contribution in [0.4, 0.5) is 5.69 Å². The highest BCUT2D eigenvalue weighted by atomic mass is 32.2. The number of hydrogen-bond acceptors (Lipinski definition) is 4. The van der Waals surface area contributed by atoms with Gasteiger partial charge in [0.15, 0.2) is 0 Å². The van der Waals surface area contributed by atoms with Crippen LogP contribution in [-0.2, 0) is 27.8 Å². The topological polar surface area (TPSA) is 86.8 Å². The van der Waals surface area contributed by atoms with E-state index >= 15 is 0 Å². The van der Waals surface area contributed by atoms with E-state index in [1.165, 1.54) is 34.1 Å². The van der Waals surface area contributed by atoms with Crippen molar-refractivity contribution in [1.82, 2.24) is 9.21 Å². The minimum Gasteiger partial charge on any atom is -0.338 e. The molecule has 0 saturated heterocycles. The number of carbonyl (C=O) groups is 2. The standard InChI is InChI=1S/C24H29N3O4S/c1-3-27(4-2)32(30,31)22-11-8-18(9-12-22)23(28)25-21-10-7-17-13-14-26(16-20(17)15-21)24(29)19-5-6-19/h7-12,15,19H,3-6,13-14,16H2,1-2H3,(H,25,28). The van der Waals surface area contributed by atoms with Gasteiger partial charge in [-0.15, -0.1) is 0 Å². The molecule has 8 heteroatoms. The molecule has 0 radical (unpaired) electrons. The van der Waals surface area contributed by atoms with E-state index in [0.29, 0.717) is 30.9 Å². The van der Waals surface area contributed by atoms with Crippen LogP contribution in [0.3, 0.4) is 0 Å². The smallest absolute Gasteiger partial charge is 0.255 e. The number of rotatable bonds is 7. The third-order valence-corrected chi connectivity index (χ3v) is 8.24. The summed E-state index contributed by atoms with van der Waals surface area (Å²) in [4.78, 5) is 27.2. The van der Waals surface area contributed by atoms with Crippen LogP contribution >= 0.6 is 0 Å². The second-order valence-electron chi connectivity index (χ2n) is 8.34. The Balaban J connectivity index is 1.45. The van der Waals surface area contributed by atoms with Gasteiger partial charge in [-0.1, -0.05) is 19.9 Å². The van der Waals surface area contributed by atoms with Gasteiger partial charge in [0.05, 0.1) is 4.90 Å². The van der Waals surface area contributed by atoms with Gasteiger partial charge in [-0.25, -0.2) is 8.42 Å². The summed E-state index contributed by atoms with van der Waals surface area (Å²) in [5.41, 5.74) is 3.30. The van der Waals surface area contributed by atoms with Gasteiger partial charge in [0, 0.05) is 43.3 Å². The molecule has 2 aromatic carbocycles. The van der Waals surface area contributed by atoms with E-state index in [9.17, 15) is 18.0 Å². The Labute approximate surface area is 189 Å². The lowest BCUT2D eigenvalue weighted by Gasteiger charge is -2.29. The van der Waals surface area contributed by atoms with Crippen molar-refractivity contribution in [3.63, 3.8) is 0 Å². The summed E-state index contributed by atoms with van der Waals surface area (Å²) >= 11 is 0. The zero-order valence-electron chi connectivity index (χ0n) is 18.5. The maximum atomic E-state index is 12.7. The molecule has 0 bridgehead atoms. The van der Waals surface area contributed by atoms with Crippen molar-refractivity contribution in [2.24, 2.45) is 5.92 Å². The van der Waals surface area contributed by atoms with E-state index in [1.807, 2.05) is 23.1 Å². The molecule has 32 heavy (non-hydrogen) atoms. The van der Waals surface area contributed by atoms with Crippen LogP contribution < -0.4 is 5.32 Å². The lowest BCUT2D eigenvalue weighted by Crippen LogP contribution is -2.36. The minimum absolute atomic E-state index is 0.173. The Morgan fingerprint density at radius 3 is 2.34 bits per heavy atom. The summed E-state index contributed by atoms with van der Waals surface area (Å²) in [6.45, 7) is 5.69. The SMILES string of the molecule is CCN(CC)S(=O)(=O)c1ccc(C(=O)Nc2ccc3c(c2)CN(C(=O)C2CC2)CC3)cc1. The van der Waals surface area contributed by atoms with Gasteiger partial charge in [-0.2, -0.15) is 4.31 Å². The molecule has 170 valence electrons. The van der Waals surface area contributed by atoms with Crippen LogP contribution in [0.25, 0.3) is 0 Å². The molecule has 1 heterocycles. The number of benzene rings is 2. The predicted octanol–water partition coefficient (Wildman–Crippen LogP) is 3.26. The summed E-state index contributed by atoms with van der Waals surface area (Å²) in [5, 5.41) is 2.89. The number of nitrogens with one attached hydrogen (secondary N) is 1. The van der Waals surface area contributed by atoms with Gasteiger partial charge in [0.1, 0.15) is 0 Å². The van der Waals surface area contributed by atoms with Gasteiger partial charge in [0.25, 0.3) is 5.91 Å². The first-order valence-corrected chi connectivity index (χ1v) is 12.6. The summed E-state index contributed by atoms with van der Waals surface area (Å²) in [6, 6.07) is 11.8. The molecular formula is C24H29N3O4S. The van der Waals surface area contributed by atoms with Crippen molar-refractivity contribution in [1.29, 1.82) is 0 Å². The Morgan fingerprint density at radius 2 is 1.72 bits per heavy atom. The molecule has 0 aromatic heterocycles. The predicted molar refractivity (Wildman–Crippen MR) is 123 cm³/mol. The molecule has 0 unspecified atom stereocenters. The fourth-order valence-electron chi connectivity index (χ4n) is 4.11. The zero-order valence-corrected chi connectivity index (χ0v) is 19.3. The molecule has 0 atom stereocenters. The molecule has 4 rings (SSSR count). The number of sulfonamides is 1. The third kappa shape index (κ3) is 4.56. The first-order chi connectivity index (χ1) is 15.3. The summed E-state index contributed by atoms with van der Waals surface area (Å²) in [6.07, 6.45) is 2.81. The summed E-state index contributed by atoms with van der Waals surface area (Å²) < 4.78 is 26.6. The van der Waals surface area contributed by atoms with E-state index in [4.69, 9.17) is 0 Å². The van der Waals surface area contributed by atoms with Crippen molar-refractivity contribution >= 4 is 27.5 Å². The lowest BCUT2D eigenvalue weighted by atomic mass is 9.98. The maximum absolute atomic E-state index is 12.7. The van der Waals surface area contributed by atoms with E-state index in [-0.39, 0.29) is 22.6 Å². The molecule has 1 N–H and O–H groups in total. The van der Waals surface area contributed by atoms with Gasteiger partial charge in [-0.05, 0) is 66.8 Å². The van der Waals surface area contributed by atoms with Crippen molar-refractivity contribution in [3.8, 4) is 0 Å². The second-order valence-corrected chi connectivity index (χ2v) is 10.3. The Morgan fingerprint density at radius 1 is 1.03 bits per heavy atom. The van der Waals surface area contributed by atoms with E-state index in [2.05, 4.69) is 5.32 Å². The molecule has 2 aliphatic rings. The molecule has 1 fully saturated rings. The normalized spacial score (nSPS) is 16.0. The van der Waals surface area contributed by atoms with Crippen LogP contribution in [-0.4, -0.2) is 49.1 Å². The van der Waals surface area contributed by atoms with Crippen LogP contribution in [0.15, 0.2) is 47.4 Å². The Kier molecular flexibility index (Phi) is 6.35. The number of anilines is 1. The maximum Gasteiger partial charge on any atom is 0.255 e. The van der Waals surface area contributed by atoms with Gasteiger partial charge in [0.2, 0.25) is 15.9 Å². The second kappa shape index (κ2) is 9.03. The first-order valence-electron chi connectivity index (χ1n) is 11.2. The zero-order chi connectivity index (χ0) is 22.9. The van der Waals surface area contributed by atoms with Gasteiger partial charge in [-0.3, -0.25) is 9.59 Å². The Hall–Kier alpha value is -2.71. The number of amides is 2. The van der Waals surface area contributed by atoms with Crippen molar-refractivity contribution in [3.05, 3.63) is 59.2 Å². The lowest BCUT2D eigenvalue weighted by molar-refractivity contribution is -0.133. The number of hydrogen-bond donors (Lipinski definition) is 1. The van der Waals surface area contributed by atoms with Gasteiger partial charge >= 0.3 is 0 Å². The van der Waals surface area contributed by atoms with Crippen molar-refractivity contribution in [2.45, 2.75) is 44.6 Å². The average molecular weight is 456 g/mol. The highest BCUT2D eigenvalue weighted by molar-refractivity contribution is 7.89. The number of fused-ring (bicyclic) bond motifs is 1. The molecule has 0 spiro atoms. The average Bonchev–Trinajstić information content (AvgIpc) is 3.64. The summed E-state index contributed by atoms with van der Waals surface area (Å²) in [7, 11) is -3.56. The van der Waals surface area contributed by atoms with E-state index in [0.717, 1.165) is 31.4 Å². The van der Waals surface area contributed by atoms with Gasteiger partial charge < -0.3 is 10.2 Å². The largest absolute Gasteiger partial charge is 0.338 e. The summed E-state index contributed by atoms with van der Waals surface area (Å²) in [5.74, 6) is 0.135. The van der Waals surface area contributed by atoms with Crippen LogP contribution in [0, 0.1) is 5.92 Å². The van der Waals surface area contributed by atoms with Crippen LogP contribution in [0.5, 0.6) is 0 Å². The van der Waals surface area contributed by atoms with E-state index < -0.39 is 10.0 Å². The number of carbonyl (C=O) groups excluding carboxylic acids is 2. The fraction of sp³-hybridized carbons (Fsp3) is 0.417. The van der Waals surface area contributed by atoms with Crippen molar-refractivity contribution < 1.29 is 18.0 Å². The quantitative estimate of drug-likeness (QED) is 0.694. The molecular weight excluding hydrogens is 426 g/mol. The first kappa shape index (κ1) is 22.5. The van der Waals surface area contributed by atoms with Crippen LogP contribution in [0.1, 0.15) is 48.2 Å². The monoisotopic (exact) mass is 455 g/mol. The molecule has 2 amide bonds. The molecule has 7 nitrogen and oxygen atoms in total. The Bertz CT molecular complexity index is 1120. The highest BCUT2D eigenvalue weighted by Gasteiger charge is 2.34. The number of nitrogens with zero attached hydrogens (tertiary/aromatic N) is 2. The van der Waals surface area contributed by atoms with Crippen molar-refractivity contribution in [2.75, 3.05) is 25.0 Å². The van der Waals surface area contributed by atoms with E-state index in [1.54, 1.807) is 13.8 Å². The molecule has 2 aromatic rings. The molecule has 1 aliphatic carbocycles.